The van der Waals surface area contributed by atoms with Crippen LogP contribution in [0, 0.1) is 12.3 Å². The summed E-state index contributed by atoms with van der Waals surface area (Å²) >= 11 is 1.73. The van der Waals surface area contributed by atoms with Gasteiger partial charge < -0.3 is 5.11 Å². The smallest absolute Gasteiger partial charge is 0.0657 e. The van der Waals surface area contributed by atoms with Crippen LogP contribution >= 0.6 is 11.8 Å². The average Bonchev–Trinajstić information content (AvgIpc) is 1.85. The van der Waals surface area contributed by atoms with Crippen molar-refractivity contribution in [3.05, 3.63) is 0 Å². The fourth-order valence-electron chi connectivity index (χ4n) is 0.492. The molecule has 1 N–H and O–H groups in total. The van der Waals surface area contributed by atoms with Gasteiger partial charge in [-0.3, -0.25) is 0 Å². The Labute approximate surface area is 60.8 Å². The first-order valence-corrected chi connectivity index (χ1v) is 4.31. The molecule has 0 fully saturated rings. The van der Waals surface area contributed by atoms with Gasteiger partial charge in [-0.25, -0.2) is 0 Å². The molecule has 1 atom stereocenters. The normalized spacial score (nSPS) is 12.6. The van der Waals surface area contributed by atoms with Crippen LogP contribution in [-0.4, -0.2) is 23.2 Å². The van der Waals surface area contributed by atoms with E-state index in [-0.39, 0.29) is 6.10 Å². The summed E-state index contributed by atoms with van der Waals surface area (Å²) in [6.45, 7) is 0. The van der Waals surface area contributed by atoms with Gasteiger partial charge in [0.2, 0.25) is 0 Å². The second kappa shape index (κ2) is 6.00. The standard InChI is InChI=1S/C7H12OS/c1-3-4-7(8)5-6-9-2/h1,7-8H,4-6H2,2H3. The maximum absolute atomic E-state index is 9.02. The molecule has 9 heavy (non-hydrogen) atoms. The molecule has 0 aliphatic rings. The molecule has 0 rings (SSSR count). The van der Waals surface area contributed by atoms with E-state index in [0.717, 1.165) is 12.2 Å². The Morgan fingerprint density at radius 1 is 1.78 bits per heavy atom. The first-order valence-electron chi connectivity index (χ1n) is 2.91. The quantitative estimate of drug-likeness (QED) is 0.597. The number of hydrogen-bond donors (Lipinski definition) is 1. The summed E-state index contributed by atoms with van der Waals surface area (Å²) in [6.07, 6.45) is 8.01. The lowest BCUT2D eigenvalue weighted by Crippen LogP contribution is -2.05. The van der Waals surface area contributed by atoms with Gasteiger partial charge in [0, 0.05) is 6.42 Å². The molecular formula is C7H12OS. The lowest BCUT2D eigenvalue weighted by Gasteiger charge is -2.03. The van der Waals surface area contributed by atoms with Gasteiger partial charge in [-0.2, -0.15) is 11.8 Å². The minimum Gasteiger partial charge on any atom is -0.392 e. The van der Waals surface area contributed by atoms with E-state index in [1.54, 1.807) is 11.8 Å². The molecule has 0 spiro atoms. The van der Waals surface area contributed by atoms with Crippen molar-refractivity contribution >= 4 is 11.8 Å². The predicted molar refractivity (Wildman–Crippen MR) is 42.5 cm³/mol. The zero-order valence-corrected chi connectivity index (χ0v) is 6.45. The molecule has 0 radical (unpaired) electrons. The molecule has 2 heteroatoms. The van der Waals surface area contributed by atoms with E-state index in [1.165, 1.54) is 0 Å². The third-order valence-electron chi connectivity index (χ3n) is 1.01. The van der Waals surface area contributed by atoms with Gasteiger partial charge in [0.05, 0.1) is 6.10 Å². The van der Waals surface area contributed by atoms with Gasteiger partial charge in [-0.15, -0.1) is 12.3 Å². The summed E-state index contributed by atoms with van der Waals surface area (Å²) in [4.78, 5) is 0. The van der Waals surface area contributed by atoms with Crippen LogP contribution in [0.15, 0.2) is 0 Å². The number of aliphatic hydroxyl groups is 1. The van der Waals surface area contributed by atoms with Gasteiger partial charge >= 0.3 is 0 Å². The van der Waals surface area contributed by atoms with E-state index in [4.69, 9.17) is 11.5 Å². The van der Waals surface area contributed by atoms with Crippen LogP contribution in [-0.2, 0) is 0 Å². The SMILES string of the molecule is C#CCC(O)CCSC. The summed E-state index contributed by atoms with van der Waals surface area (Å²) < 4.78 is 0. The summed E-state index contributed by atoms with van der Waals surface area (Å²) in [5.41, 5.74) is 0. The van der Waals surface area contributed by atoms with Gasteiger partial charge in [-0.1, -0.05) is 0 Å². The van der Waals surface area contributed by atoms with Crippen molar-refractivity contribution in [2.24, 2.45) is 0 Å². The Kier molecular flexibility index (Phi) is 5.91. The Hall–Kier alpha value is -0.130. The van der Waals surface area contributed by atoms with Crippen molar-refractivity contribution < 1.29 is 5.11 Å². The van der Waals surface area contributed by atoms with Crippen LogP contribution in [0.5, 0.6) is 0 Å². The lowest BCUT2D eigenvalue weighted by molar-refractivity contribution is 0.177. The molecule has 0 aromatic rings. The minimum absolute atomic E-state index is 0.289. The number of terminal acetylenes is 1. The number of thioether (sulfide) groups is 1. The van der Waals surface area contributed by atoms with Crippen molar-refractivity contribution in [2.75, 3.05) is 12.0 Å². The first-order chi connectivity index (χ1) is 4.31. The molecule has 0 saturated heterocycles. The van der Waals surface area contributed by atoms with Crippen molar-refractivity contribution in [3.8, 4) is 12.3 Å². The Balaban J connectivity index is 3.08. The highest BCUT2D eigenvalue weighted by Gasteiger charge is 1.98. The van der Waals surface area contributed by atoms with E-state index < -0.39 is 0 Å². The van der Waals surface area contributed by atoms with Crippen LogP contribution in [0.4, 0.5) is 0 Å². The Morgan fingerprint density at radius 2 is 2.44 bits per heavy atom. The molecule has 0 saturated carbocycles. The van der Waals surface area contributed by atoms with Gasteiger partial charge in [0.25, 0.3) is 0 Å². The fourth-order valence-corrected chi connectivity index (χ4v) is 1.000. The third-order valence-corrected chi connectivity index (χ3v) is 1.65. The zero-order valence-electron chi connectivity index (χ0n) is 5.63. The summed E-state index contributed by atoms with van der Waals surface area (Å²) in [6, 6.07) is 0. The average molecular weight is 144 g/mol. The molecular weight excluding hydrogens is 132 g/mol. The summed E-state index contributed by atoms with van der Waals surface area (Å²) in [5, 5.41) is 9.02. The maximum atomic E-state index is 9.02. The molecule has 1 unspecified atom stereocenters. The summed E-state index contributed by atoms with van der Waals surface area (Å²) in [7, 11) is 0. The van der Waals surface area contributed by atoms with Crippen LogP contribution in [0.25, 0.3) is 0 Å². The van der Waals surface area contributed by atoms with Gasteiger partial charge in [-0.05, 0) is 18.4 Å². The fraction of sp³-hybridized carbons (Fsp3) is 0.714. The van der Waals surface area contributed by atoms with Gasteiger partial charge in [0.1, 0.15) is 0 Å². The molecule has 0 aromatic carbocycles. The number of hydrogen-bond acceptors (Lipinski definition) is 2. The lowest BCUT2D eigenvalue weighted by atomic mass is 10.2. The topological polar surface area (TPSA) is 20.2 Å². The van der Waals surface area contributed by atoms with Crippen molar-refractivity contribution in [1.82, 2.24) is 0 Å². The van der Waals surface area contributed by atoms with Crippen molar-refractivity contribution in [3.63, 3.8) is 0 Å². The summed E-state index contributed by atoms with van der Waals surface area (Å²) in [5.74, 6) is 3.41. The molecule has 0 aliphatic carbocycles. The molecule has 0 heterocycles. The highest BCUT2D eigenvalue weighted by Crippen LogP contribution is 2.02. The Morgan fingerprint density at radius 3 is 2.89 bits per heavy atom. The highest BCUT2D eigenvalue weighted by molar-refractivity contribution is 7.98. The van der Waals surface area contributed by atoms with Crippen LogP contribution in [0.1, 0.15) is 12.8 Å². The molecule has 0 aromatic heterocycles. The minimum atomic E-state index is -0.289. The van der Waals surface area contributed by atoms with E-state index >= 15 is 0 Å². The van der Waals surface area contributed by atoms with Crippen LogP contribution in [0.3, 0.4) is 0 Å². The third kappa shape index (κ3) is 5.75. The molecule has 1 nitrogen and oxygen atoms in total. The highest BCUT2D eigenvalue weighted by atomic mass is 32.2. The molecule has 52 valence electrons. The second-order valence-electron chi connectivity index (χ2n) is 1.84. The van der Waals surface area contributed by atoms with Crippen LogP contribution < -0.4 is 0 Å². The van der Waals surface area contributed by atoms with Crippen molar-refractivity contribution in [1.29, 1.82) is 0 Å². The number of aliphatic hydroxyl groups excluding tert-OH is 1. The molecule has 0 bridgehead atoms. The van der Waals surface area contributed by atoms with E-state index in [2.05, 4.69) is 5.92 Å². The maximum Gasteiger partial charge on any atom is 0.0657 e. The number of rotatable bonds is 4. The molecule has 0 amide bonds. The zero-order chi connectivity index (χ0) is 7.11. The second-order valence-corrected chi connectivity index (χ2v) is 2.83. The van der Waals surface area contributed by atoms with E-state index in [0.29, 0.717) is 6.42 Å². The molecule has 0 aliphatic heterocycles. The van der Waals surface area contributed by atoms with Crippen molar-refractivity contribution in [2.45, 2.75) is 18.9 Å². The Bertz CT molecular complexity index is 95.6. The van der Waals surface area contributed by atoms with E-state index in [9.17, 15) is 0 Å². The van der Waals surface area contributed by atoms with E-state index in [1.807, 2.05) is 6.26 Å². The monoisotopic (exact) mass is 144 g/mol. The largest absolute Gasteiger partial charge is 0.392 e. The van der Waals surface area contributed by atoms with Crippen LogP contribution in [0.2, 0.25) is 0 Å². The predicted octanol–water partition coefficient (Wildman–Crippen LogP) is 1.12. The van der Waals surface area contributed by atoms with Gasteiger partial charge in [0.15, 0.2) is 0 Å². The first kappa shape index (κ1) is 8.87.